The molecule has 0 saturated heterocycles. The van der Waals surface area contributed by atoms with E-state index in [1.54, 1.807) is 0 Å². The molecule has 3 nitrogen and oxygen atoms in total. The Hall–Kier alpha value is -1.22. The molecular weight excluding hydrogens is 188 g/mol. The van der Waals surface area contributed by atoms with Gasteiger partial charge in [0.1, 0.15) is 0 Å². The predicted octanol–water partition coefficient (Wildman–Crippen LogP) is 2.38. The summed E-state index contributed by atoms with van der Waals surface area (Å²) in [4.78, 5) is 7.29. The number of benzene rings is 1. The van der Waals surface area contributed by atoms with Crippen molar-refractivity contribution in [3.63, 3.8) is 0 Å². The molecule has 0 atom stereocenters. The molecule has 1 aromatic heterocycles. The molecule has 0 spiro atoms. The number of H-pyrrole nitrogens is 1. The maximum Gasteiger partial charge on any atom is 0.294 e. The molecule has 0 aliphatic heterocycles. The van der Waals surface area contributed by atoms with Crippen molar-refractivity contribution >= 4 is 23.4 Å². The number of aromatic nitrogens is 2. The molecule has 0 saturated carbocycles. The second-order valence-corrected chi connectivity index (χ2v) is 2.49. The SMILES string of the molecule is CCOc1nc2ccccc2[nH]1.Cl. The first-order valence-electron chi connectivity index (χ1n) is 3.97. The van der Waals surface area contributed by atoms with Gasteiger partial charge >= 0.3 is 0 Å². The number of rotatable bonds is 2. The summed E-state index contributed by atoms with van der Waals surface area (Å²) in [7, 11) is 0. The van der Waals surface area contributed by atoms with Gasteiger partial charge in [-0.2, -0.15) is 4.98 Å². The highest BCUT2D eigenvalue weighted by Crippen LogP contribution is 2.14. The molecule has 0 unspecified atom stereocenters. The van der Waals surface area contributed by atoms with Crippen molar-refractivity contribution in [3.8, 4) is 6.01 Å². The molecule has 1 heterocycles. The van der Waals surface area contributed by atoms with E-state index in [1.165, 1.54) is 0 Å². The van der Waals surface area contributed by atoms with Gasteiger partial charge in [0.2, 0.25) is 0 Å². The summed E-state index contributed by atoms with van der Waals surface area (Å²) in [5.41, 5.74) is 1.96. The average Bonchev–Trinajstić information content (AvgIpc) is 2.47. The molecule has 70 valence electrons. The van der Waals surface area contributed by atoms with Crippen LogP contribution in [-0.2, 0) is 0 Å². The van der Waals surface area contributed by atoms with Crippen LogP contribution in [0.15, 0.2) is 24.3 Å². The van der Waals surface area contributed by atoms with Crippen LogP contribution in [0.1, 0.15) is 6.92 Å². The van der Waals surface area contributed by atoms with E-state index in [0.717, 1.165) is 11.0 Å². The number of para-hydroxylation sites is 2. The zero-order valence-corrected chi connectivity index (χ0v) is 8.10. The average molecular weight is 199 g/mol. The number of nitrogens with one attached hydrogen (secondary N) is 1. The summed E-state index contributed by atoms with van der Waals surface area (Å²) in [6, 6.07) is 8.45. The minimum Gasteiger partial charge on any atom is -0.465 e. The standard InChI is InChI=1S/C9H10N2O.ClH/c1-2-12-9-10-7-5-3-4-6-8(7)11-9;/h3-6H,2H2,1H3,(H,10,11);1H. The largest absolute Gasteiger partial charge is 0.465 e. The van der Waals surface area contributed by atoms with E-state index in [1.807, 2.05) is 31.2 Å². The van der Waals surface area contributed by atoms with Gasteiger partial charge in [0, 0.05) is 0 Å². The Morgan fingerprint density at radius 2 is 2.15 bits per heavy atom. The van der Waals surface area contributed by atoms with Gasteiger partial charge in [-0.25, -0.2) is 0 Å². The van der Waals surface area contributed by atoms with Gasteiger partial charge in [-0.15, -0.1) is 12.4 Å². The van der Waals surface area contributed by atoms with E-state index in [0.29, 0.717) is 12.6 Å². The minimum atomic E-state index is 0. The highest BCUT2D eigenvalue weighted by Gasteiger charge is 1.99. The first-order valence-corrected chi connectivity index (χ1v) is 3.97. The monoisotopic (exact) mass is 198 g/mol. The maximum absolute atomic E-state index is 5.22. The minimum absolute atomic E-state index is 0. The van der Waals surface area contributed by atoms with Gasteiger partial charge < -0.3 is 9.72 Å². The molecule has 4 heteroatoms. The summed E-state index contributed by atoms with van der Waals surface area (Å²) in [6.07, 6.45) is 0. The summed E-state index contributed by atoms with van der Waals surface area (Å²) in [5, 5.41) is 0. The smallest absolute Gasteiger partial charge is 0.294 e. The lowest BCUT2D eigenvalue weighted by atomic mass is 10.3. The van der Waals surface area contributed by atoms with Crippen molar-refractivity contribution in [2.45, 2.75) is 6.92 Å². The van der Waals surface area contributed by atoms with Crippen LogP contribution in [0.2, 0.25) is 0 Å². The molecule has 0 fully saturated rings. The van der Waals surface area contributed by atoms with Gasteiger partial charge in [0.15, 0.2) is 0 Å². The third-order valence-corrected chi connectivity index (χ3v) is 1.65. The first kappa shape index (κ1) is 9.86. The molecule has 0 bridgehead atoms. The summed E-state index contributed by atoms with van der Waals surface area (Å²) < 4.78 is 5.22. The second kappa shape index (κ2) is 4.14. The van der Waals surface area contributed by atoms with Crippen molar-refractivity contribution in [2.24, 2.45) is 0 Å². The lowest BCUT2D eigenvalue weighted by Crippen LogP contribution is -1.92. The van der Waals surface area contributed by atoms with Crippen LogP contribution in [0.3, 0.4) is 0 Å². The number of imidazole rings is 1. The summed E-state index contributed by atoms with van der Waals surface area (Å²) in [5.74, 6) is 0. The molecule has 13 heavy (non-hydrogen) atoms. The maximum atomic E-state index is 5.22. The van der Waals surface area contributed by atoms with Crippen molar-refractivity contribution in [1.29, 1.82) is 0 Å². The molecule has 2 rings (SSSR count). The zero-order chi connectivity index (χ0) is 8.39. The normalized spacial score (nSPS) is 9.62. The van der Waals surface area contributed by atoms with Crippen LogP contribution >= 0.6 is 12.4 Å². The van der Waals surface area contributed by atoms with Crippen LogP contribution in [0, 0.1) is 0 Å². The summed E-state index contributed by atoms with van der Waals surface area (Å²) in [6.45, 7) is 2.58. The quantitative estimate of drug-likeness (QED) is 0.805. The van der Waals surface area contributed by atoms with Crippen LogP contribution in [0.25, 0.3) is 11.0 Å². The number of hydrogen-bond donors (Lipinski definition) is 1. The van der Waals surface area contributed by atoms with E-state index in [-0.39, 0.29) is 12.4 Å². The Balaban J connectivity index is 0.000000845. The molecule has 0 aliphatic rings. The number of aromatic amines is 1. The third-order valence-electron chi connectivity index (χ3n) is 1.65. The van der Waals surface area contributed by atoms with Crippen molar-refractivity contribution < 1.29 is 4.74 Å². The highest BCUT2D eigenvalue weighted by molar-refractivity contribution is 5.85. The highest BCUT2D eigenvalue weighted by atomic mass is 35.5. The van der Waals surface area contributed by atoms with Crippen molar-refractivity contribution in [1.82, 2.24) is 9.97 Å². The first-order chi connectivity index (χ1) is 5.90. The molecule has 0 aliphatic carbocycles. The molecule has 2 aromatic rings. The number of nitrogens with zero attached hydrogens (tertiary/aromatic N) is 1. The number of fused-ring (bicyclic) bond motifs is 1. The second-order valence-electron chi connectivity index (χ2n) is 2.49. The van der Waals surface area contributed by atoms with E-state index in [2.05, 4.69) is 9.97 Å². The number of halogens is 1. The van der Waals surface area contributed by atoms with Gasteiger partial charge in [-0.05, 0) is 19.1 Å². The Morgan fingerprint density at radius 3 is 2.85 bits per heavy atom. The van der Waals surface area contributed by atoms with Gasteiger partial charge in [0.05, 0.1) is 17.6 Å². The molecule has 1 aromatic carbocycles. The van der Waals surface area contributed by atoms with Gasteiger partial charge in [0.25, 0.3) is 6.01 Å². The zero-order valence-electron chi connectivity index (χ0n) is 7.28. The summed E-state index contributed by atoms with van der Waals surface area (Å²) >= 11 is 0. The molecular formula is C9H11ClN2O. The Labute approximate surface area is 82.5 Å². The van der Waals surface area contributed by atoms with Crippen LogP contribution < -0.4 is 4.74 Å². The molecule has 0 radical (unpaired) electrons. The predicted molar refractivity (Wildman–Crippen MR) is 54.5 cm³/mol. The van der Waals surface area contributed by atoms with E-state index < -0.39 is 0 Å². The lowest BCUT2D eigenvalue weighted by molar-refractivity contribution is 0.317. The fourth-order valence-electron chi connectivity index (χ4n) is 1.13. The molecule has 1 N–H and O–H groups in total. The van der Waals surface area contributed by atoms with Crippen molar-refractivity contribution in [3.05, 3.63) is 24.3 Å². The number of ether oxygens (including phenoxy) is 1. The third kappa shape index (κ3) is 1.92. The lowest BCUT2D eigenvalue weighted by Gasteiger charge is -1.93. The Morgan fingerprint density at radius 1 is 1.38 bits per heavy atom. The van der Waals surface area contributed by atoms with Crippen LogP contribution in [-0.4, -0.2) is 16.6 Å². The van der Waals surface area contributed by atoms with E-state index in [4.69, 9.17) is 4.74 Å². The Kier molecular flexibility index (Phi) is 3.14. The number of hydrogen-bond acceptors (Lipinski definition) is 2. The fraction of sp³-hybridized carbons (Fsp3) is 0.222. The Bertz CT molecular complexity index is 353. The fourth-order valence-corrected chi connectivity index (χ4v) is 1.13. The van der Waals surface area contributed by atoms with Gasteiger partial charge in [-0.3, -0.25) is 0 Å². The molecule has 0 amide bonds. The van der Waals surface area contributed by atoms with E-state index >= 15 is 0 Å². The van der Waals surface area contributed by atoms with Gasteiger partial charge in [-0.1, -0.05) is 12.1 Å². The van der Waals surface area contributed by atoms with Crippen LogP contribution in [0.4, 0.5) is 0 Å². The van der Waals surface area contributed by atoms with Crippen molar-refractivity contribution in [2.75, 3.05) is 6.61 Å². The van der Waals surface area contributed by atoms with Crippen LogP contribution in [0.5, 0.6) is 6.01 Å². The van der Waals surface area contributed by atoms with E-state index in [9.17, 15) is 0 Å². The topological polar surface area (TPSA) is 37.9 Å².